The van der Waals surface area contributed by atoms with E-state index in [-0.39, 0.29) is 0 Å². The molecule has 4 aromatic rings. The van der Waals surface area contributed by atoms with Crippen LogP contribution in [0.4, 0.5) is 11.5 Å². The maximum absolute atomic E-state index is 6.00. The smallest absolute Gasteiger partial charge is 0.141 e. The van der Waals surface area contributed by atoms with Crippen LogP contribution in [0.3, 0.4) is 0 Å². The number of nitrogens with zero attached hydrogens (tertiary/aromatic N) is 5. The average molecular weight is 323 g/mol. The lowest BCUT2D eigenvalue weighted by molar-refractivity contribution is 0.993. The summed E-state index contributed by atoms with van der Waals surface area (Å²) in [5, 5.41) is 4.80. The number of fused-ring (bicyclic) bond motifs is 1. The average Bonchev–Trinajstić information content (AvgIpc) is 3.10. The van der Waals surface area contributed by atoms with Crippen LogP contribution < -0.4 is 5.32 Å². The van der Waals surface area contributed by atoms with Crippen LogP contribution in [0.1, 0.15) is 0 Å². The van der Waals surface area contributed by atoms with E-state index >= 15 is 0 Å². The van der Waals surface area contributed by atoms with E-state index < -0.39 is 0 Å². The molecule has 4 rings (SSSR count). The number of halogens is 1. The number of hydrogen-bond acceptors (Lipinski definition) is 5. The lowest BCUT2D eigenvalue weighted by Crippen LogP contribution is -1.98. The summed E-state index contributed by atoms with van der Waals surface area (Å²) in [5.74, 6) is 1.51. The van der Waals surface area contributed by atoms with Gasteiger partial charge in [0.15, 0.2) is 0 Å². The Morgan fingerprint density at radius 1 is 1.04 bits per heavy atom. The number of pyridine rings is 1. The molecule has 0 bridgehead atoms. The minimum absolute atomic E-state index is 0.647. The second-order valence-corrected chi connectivity index (χ2v) is 5.32. The van der Waals surface area contributed by atoms with Crippen LogP contribution in [0.5, 0.6) is 0 Å². The van der Waals surface area contributed by atoms with Crippen molar-refractivity contribution in [2.24, 2.45) is 0 Å². The van der Waals surface area contributed by atoms with Crippen LogP contribution in [0.2, 0.25) is 5.02 Å². The van der Waals surface area contributed by atoms with E-state index in [2.05, 4.69) is 25.3 Å². The van der Waals surface area contributed by atoms with E-state index in [1.165, 1.54) is 6.33 Å². The monoisotopic (exact) mass is 322 g/mol. The van der Waals surface area contributed by atoms with Crippen LogP contribution in [0.25, 0.3) is 16.7 Å². The largest absolute Gasteiger partial charge is 0.338 e. The Kier molecular flexibility index (Phi) is 3.36. The van der Waals surface area contributed by atoms with Gasteiger partial charge in [-0.25, -0.2) is 19.9 Å². The molecule has 0 atom stereocenters. The molecular weight excluding hydrogens is 312 g/mol. The molecule has 1 aromatic carbocycles. The lowest BCUT2D eigenvalue weighted by atomic mass is 10.2. The van der Waals surface area contributed by atoms with Gasteiger partial charge in [-0.15, -0.1) is 0 Å². The van der Waals surface area contributed by atoms with Crippen LogP contribution >= 0.6 is 11.6 Å². The number of hydrogen-bond donors (Lipinski definition) is 1. The first-order valence-corrected chi connectivity index (χ1v) is 7.29. The first-order chi connectivity index (χ1) is 11.3. The highest BCUT2D eigenvalue weighted by Gasteiger charge is 2.05. The molecule has 23 heavy (non-hydrogen) atoms. The first kappa shape index (κ1) is 13.7. The summed E-state index contributed by atoms with van der Waals surface area (Å²) in [5.41, 5.74) is 1.63. The van der Waals surface area contributed by atoms with Crippen molar-refractivity contribution in [3.8, 4) is 5.82 Å². The van der Waals surface area contributed by atoms with E-state index in [0.717, 1.165) is 22.4 Å². The van der Waals surface area contributed by atoms with Crippen molar-refractivity contribution in [1.29, 1.82) is 0 Å². The van der Waals surface area contributed by atoms with Gasteiger partial charge in [-0.05, 0) is 30.3 Å². The minimum Gasteiger partial charge on any atom is -0.338 e. The van der Waals surface area contributed by atoms with Gasteiger partial charge in [0.2, 0.25) is 0 Å². The van der Waals surface area contributed by atoms with Gasteiger partial charge in [0.1, 0.15) is 24.3 Å². The number of benzene rings is 1. The highest BCUT2D eigenvalue weighted by Crippen LogP contribution is 2.25. The van der Waals surface area contributed by atoms with Crippen molar-refractivity contribution in [2.45, 2.75) is 0 Å². The third-order valence-corrected chi connectivity index (χ3v) is 3.61. The summed E-state index contributed by atoms with van der Waals surface area (Å²) in [6.07, 6.45) is 8.52. The quantitative estimate of drug-likeness (QED) is 0.624. The van der Waals surface area contributed by atoms with Crippen molar-refractivity contribution < 1.29 is 0 Å². The Bertz CT molecular complexity index is 950. The third kappa shape index (κ3) is 2.72. The van der Waals surface area contributed by atoms with Gasteiger partial charge >= 0.3 is 0 Å². The fraction of sp³-hybridized carbons (Fsp3) is 0. The summed E-state index contributed by atoms with van der Waals surface area (Å²) < 4.78 is 1.84. The molecule has 1 N–H and O–H groups in total. The predicted molar refractivity (Wildman–Crippen MR) is 89.2 cm³/mol. The molecule has 0 unspecified atom stereocenters. The second-order valence-electron chi connectivity index (χ2n) is 4.88. The van der Waals surface area contributed by atoms with Crippen molar-refractivity contribution in [3.63, 3.8) is 0 Å². The Morgan fingerprint density at radius 2 is 2.00 bits per heavy atom. The fourth-order valence-electron chi connectivity index (χ4n) is 2.27. The summed E-state index contributed by atoms with van der Waals surface area (Å²) in [6, 6.07) is 9.37. The van der Waals surface area contributed by atoms with Crippen LogP contribution in [-0.4, -0.2) is 24.5 Å². The normalized spacial score (nSPS) is 10.8. The van der Waals surface area contributed by atoms with Crippen LogP contribution in [-0.2, 0) is 0 Å². The molecule has 0 aliphatic carbocycles. The number of rotatable bonds is 3. The Hall–Kier alpha value is -2.99. The topological polar surface area (TPSA) is 68.5 Å². The molecule has 7 heteroatoms. The third-order valence-electron chi connectivity index (χ3n) is 3.38. The van der Waals surface area contributed by atoms with Gasteiger partial charge in [0.05, 0.1) is 17.4 Å². The molecule has 0 saturated heterocycles. The molecule has 6 nitrogen and oxygen atoms in total. The summed E-state index contributed by atoms with van der Waals surface area (Å²) >= 11 is 6.00. The highest BCUT2D eigenvalue weighted by atomic mass is 35.5. The summed E-state index contributed by atoms with van der Waals surface area (Å²) in [6.45, 7) is 0. The van der Waals surface area contributed by atoms with E-state index in [1.54, 1.807) is 18.7 Å². The van der Waals surface area contributed by atoms with Gasteiger partial charge < -0.3 is 5.32 Å². The fourth-order valence-corrected chi connectivity index (χ4v) is 2.44. The molecule has 0 aliphatic heterocycles. The Balaban J connectivity index is 1.66. The molecule has 0 amide bonds. The van der Waals surface area contributed by atoms with Gasteiger partial charge in [0, 0.05) is 22.8 Å². The Labute approximate surface area is 136 Å². The molecule has 0 saturated carbocycles. The zero-order valence-corrected chi connectivity index (χ0v) is 12.6. The number of nitrogens with one attached hydrogen (secondary N) is 1. The summed E-state index contributed by atoms with van der Waals surface area (Å²) in [4.78, 5) is 16.9. The molecule has 0 aliphatic rings. The van der Waals surface area contributed by atoms with E-state index in [0.29, 0.717) is 10.8 Å². The van der Waals surface area contributed by atoms with Crippen molar-refractivity contribution in [1.82, 2.24) is 24.5 Å². The molecular formula is C16H11ClN6. The predicted octanol–water partition coefficient (Wildman–Crippen LogP) is 3.61. The summed E-state index contributed by atoms with van der Waals surface area (Å²) in [7, 11) is 0. The van der Waals surface area contributed by atoms with Crippen LogP contribution in [0, 0.1) is 0 Å². The van der Waals surface area contributed by atoms with Crippen molar-refractivity contribution in [3.05, 3.63) is 66.6 Å². The molecule has 0 spiro atoms. The number of imidazole rings is 1. The first-order valence-electron chi connectivity index (χ1n) is 6.91. The molecule has 0 radical (unpaired) electrons. The number of anilines is 2. The van der Waals surface area contributed by atoms with Crippen molar-refractivity contribution in [2.75, 3.05) is 5.32 Å². The van der Waals surface area contributed by atoms with Gasteiger partial charge in [-0.3, -0.25) is 4.57 Å². The van der Waals surface area contributed by atoms with E-state index in [9.17, 15) is 0 Å². The van der Waals surface area contributed by atoms with E-state index in [4.69, 9.17) is 11.6 Å². The standard InChI is InChI=1S/C16H11ClN6/c17-11-1-3-13-14(7-11)20-9-21-16(13)22-12-2-4-15(19-8-12)23-6-5-18-10-23/h1-10H,(H,20,21,22). The second kappa shape index (κ2) is 5.66. The number of aromatic nitrogens is 5. The van der Waals surface area contributed by atoms with E-state index in [1.807, 2.05) is 41.1 Å². The van der Waals surface area contributed by atoms with Gasteiger partial charge in [-0.2, -0.15) is 0 Å². The molecule has 0 fully saturated rings. The molecule has 112 valence electrons. The maximum atomic E-state index is 6.00. The zero-order chi connectivity index (χ0) is 15.6. The van der Waals surface area contributed by atoms with Crippen LogP contribution in [0.15, 0.2) is 61.6 Å². The zero-order valence-electron chi connectivity index (χ0n) is 11.9. The lowest BCUT2D eigenvalue weighted by Gasteiger charge is -2.09. The highest BCUT2D eigenvalue weighted by molar-refractivity contribution is 6.31. The van der Waals surface area contributed by atoms with Gasteiger partial charge in [-0.1, -0.05) is 11.6 Å². The van der Waals surface area contributed by atoms with Crippen molar-refractivity contribution >= 4 is 34.0 Å². The minimum atomic E-state index is 0.647. The van der Waals surface area contributed by atoms with Gasteiger partial charge in [0.25, 0.3) is 0 Å². The Morgan fingerprint density at radius 3 is 2.78 bits per heavy atom. The molecule has 3 heterocycles. The maximum Gasteiger partial charge on any atom is 0.141 e. The molecule has 3 aromatic heterocycles. The SMILES string of the molecule is Clc1ccc2c(Nc3ccc(-n4ccnc4)nc3)ncnc2c1.